The number of nitrogens with one attached hydrogen (secondary N) is 2. The van der Waals surface area contributed by atoms with Gasteiger partial charge in [0.25, 0.3) is 5.91 Å². The first-order chi connectivity index (χ1) is 12.6. The smallest absolute Gasteiger partial charge is 0.262 e. The van der Waals surface area contributed by atoms with Crippen LogP contribution < -0.4 is 25.0 Å². The van der Waals surface area contributed by atoms with Crippen LogP contribution in [0.5, 0.6) is 17.2 Å². The number of hydrogen-bond donors (Lipinski definition) is 2. The van der Waals surface area contributed by atoms with E-state index in [0.29, 0.717) is 11.5 Å². The van der Waals surface area contributed by atoms with Crippen LogP contribution in [0.25, 0.3) is 0 Å². The number of anilines is 1. The van der Waals surface area contributed by atoms with Gasteiger partial charge in [0.15, 0.2) is 0 Å². The van der Waals surface area contributed by atoms with Gasteiger partial charge in [-0.05, 0) is 43.3 Å². The van der Waals surface area contributed by atoms with Crippen molar-refractivity contribution in [2.45, 2.75) is 13.0 Å². The lowest BCUT2D eigenvalue weighted by Crippen LogP contribution is -2.34. The number of carbonyl (C=O) groups is 1. The van der Waals surface area contributed by atoms with Crippen LogP contribution in [0.1, 0.15) is 12.5 Å². The van der Waals surface area contributed by atoms with E-state index in [1.54, 1.807) is 46.5 Å². The van der Waals surface area contributed by atoms with Crippen molar-refractivity contribution in [1.82, 2.24) is 5.43 Å². The molecule has 7 nitrogen and oxygen atoms in total. The van der Waals surface area contributed by atoms with Gasteiger partial charge in [-0.25, -0.2) is 5.43 Å². The van der Waals surface area contributed by atoms with Gasteiger partial charge in [0.1, 0.15) is 23.3 Å². The molecule has 0 aliphatic heterocycles. The fourth-order valence-corrected chi connectivity index (χ4v) is 2.19. The Morgan fingerprint density at radius 3 is 2.27 bits per heavy atom. The Bertz CT molecular complexity index is 760. The van der Waals surface area contributed by atoms with Crippen molar-refractivity contribution in [1.29, 1.82) is 0 Å². The van der Waals surface area contributed by atoms with Crippen molar-refractivity contribution < 1.29 is 19.0 Å². The van der Waals surface area contributed by atoms with Crippen molar-refractivity contribution in [2.75, 3.05) is 26.6 Å². The zero-order valence-corrected chi connectivity index (χ0v) is 15.3. The molecule has 7 heteroatoms. The topological polar surface area (TPSA) is 81.2 Å². The van der Waals surface area contributed by atoms with Crippen LogP contribution in [0.4, 0.5) is 5.69 Å². The van der Waals surface area contributed by atoms with Gasteiger partial charge in [-0.2, -0.15) is 5.10 Å². The van der Waals surface area contributed by atoms with Gasteiger partial charge in [-0.3, -0.25) is 4.79 Å². The van der Waals surface area contributed by atoms with E-state index in [1.807, 2.05) is 24.3 Å². The Morgan fingerprint density at radius 2 is 1.65 bits per heavy atom. The number of rotatable bonds is 8. The van der Waals surface area contributed by atoms with E-state index < -0.39 is 6.04 Å². The van der Waals surface area contributed by atoms with E-state index in [1.165, 1.54) is 6.21 Å². The molecule has 1 unspecified atom stereocenters. The predicted molar refractivity (Wildman–Crippen MR) is 101 cm³/mol. The molecule has 0 heterocycles. The second-order valence-corrected chi connectivity index (χ2v) is 5.44. The minimum Gasteiger partial charge on any atom is -0.497 e. The van der Waals surface area contributed by atoms with Crippen LogP contribution in [0, 0.1) is 0 Å². The summed E-state index contributed by atoms with van der Waals surface area (Å²) < 4.78 is 15.5. The fraction of sp³-hybridized carbons (Fsp3) is 0.263. The normalized spacial score (nSPS) is 11.7. The number of hydrogen-bond acceptors (Lipinski definition) is 6. The molecule has 2 N–H and O–H groups in total. The highest BCUT2D eigenvalue weighted by Gasteiger charge is 2.11. The summed E-state index contributed by atoms with van der Waals surface area (Å²) in [7, 11) is 4.75. The number of amides is 1. The quantitative estimate of drug-likeness (QED) is 0.561. The molecule has 1 amide bonds. The highest BCUT2D eigenvalue weighted by molar-refractivity contribution is 5.87. The minimum atomic E-state index is -0.460. The van der Waals surface area contributed by atoms with E-state index in [-0.39, 0.29) is 5.91 Å². The standard InChI is InChI=1S/C19H23N3O4/c1-13(21-15-6-9-16(24-2)10-7-15)19(23)22-20-12-14-5-8-17(25-3)11-18(14)26-4/h5-13,21H,1-4H3,(H,22,23)/b20-12+. The van der Waals surface area contributed by atoms with Gasteiger partial charge in [0.05, 0.1) is 27.5 Å². The Kier molecular flexibility index (Phi) is 6.84. The third-order valence-electron chi connectivity index (χ3n) is 3.69. The molecule has 0 radical (unpaired) electrons. The van der Waals surface area contributed by atoms with E-state index in [2.05, 4.69) is 15.8 Å². The summed E-state index contributed by atoms with van der Waals surface area (Å²) in [6, 6.07) is 12.2. The molecule has 2 aromatic carbocycles. The second-order valence-electron chi connectivity index (χ2n) is 5.44. The minimum absolute atomic E-state index is 0.260. The van der Waals surface area contributed by atoms with Crippen LogP contribution in [-0.4, -0.2) is 39.5 Å². The zero-order valence-electron chi connectivity index (χ0n) is 15.3. The average Bonchev–Trinajstić information content (AvgIpc) is 2.68. The molecule has 0 aliphatic rings. The van der Waals surface area contributed by atoms with Gasteiger partial charge in [-0.15, -0.1) is 0 Å². The molecule has 138 valence electrons. The molecule has 1 atom stereocenters. The SMILES string of the molecule is COc1ccc(NC(C)C(=O)N/N=C/c2ccc(OC)cc2OC)cc1. The molecule has 0 saturated carbocycles. The van der Waals surface area contributed by atoms with Crippen LogP contribution in [0.3, 0.4) is 0 Å². The van der Waals surface area contributed by atoms with Gasteiger partial charge in [0, 0.05) is 17.3 Å². The number of carbonyl (C=O) groups excluding carboxylic acids is 1. The molecule has 2 aromatic rings. The lowest BCUT2D eigenvalue weighted by Gasteiger charge is -2.13. The summed E-state index contributed by atoms with van der Waals surface area (Å²) in [5.74, 6) is 1.78. The molecular weight excluding hydrogens is 334 g/mol. The van der Waals surface area contributed by atoms with Crippen molar-refractivity contribution in [2.24, 2.45) is 5.10 Å². The first-order valence-corrected chi connectivity index (χ1v) is 8.03. The van der Waals surface area contributed by atoms with E-state index in [4.69, 9.17) is 14.2 Å². The van der Waals surface area contributed by atoms with E-state index in [0.717, 1.165) is 17.0 Å². The molecule has 26 heavy (non-hydrogen) atoms. The van der Waals surface area contributed by atoms with Crippen molar-refractivity contribution in [3.8, 4) is 17.2 Å². The number of benzene rings is 2. The molecule has 0 aromatic heterocycles. The molecule has 0 saturated heterocycles. The monoisotopic (exact) mass is 357 g/mol. The maximum atomic E-state index is 12.2. The molecule has 0 bridgehead atoms. The second kappa shape index (κ2) is 9.31. The third kappa shape index (κ3) is 5.14. The predicted octanol–water partition coefficient (Wildman–Crippen LogP) is 2.66. The fourth-order valence-electron chi connectivity index (χ4n) is 2.19. The summed E-state index contributed by atoms with van der Waals surface area (Å²) >= 11 is 0. The Morgan fingerprint density at radius 1 is 1.00 bits per heavy atom. The molecular formula is C19H23N3O4. The van der Waals surface area contributed by atoms with Crippen LogP contribution >= 0.6 is 0 Å². The summed E-state index contributed by atoms with van der Waals surface area (Å²) in [4.78, 5) is 12.2. The number of hydrazone groups is 1. The Labute approximate surface area is 153 Å². The highest BCUT2D eigenvalue weighted by atomic mass is 16.5. The van der Waals surface area contributed by atoms with Crippen molar-refractivity contribution >= 4 is 17.8 Å². The summed E-state index contributed by atoms with van der Waals surface area (Å²) in [5.41, 5.74) is 4.05. The lowest BCUT2D eigenvalue weighted by atomic mass is 10.2. The maximum Gasteiger partial charge on any atom is 0.262 e. The summed E-state index contributed by atoms with van der Waals surface area (Å²) in [6.45, 7) is 1.75. The first kappa shape index (κ1) is 19.1. The van der Waals surface area contributed by atoms with Gasteiger partial charge >= 0.3 is 0 Å². The Balaban J connectivity index is 1.93. The highest BCUT2D eigenvalue weighted by Crippen LogP contribution is 2.23. The van der Waals surface area contributed by atoms with Crippen LogP contribution in [0.2, 0.25) is 0 Å². The molecule has 2 rings (SSSR count). The van der Waals surface area contributed by atoms with E-state index >= 15 is 0 Å². The zero-order chi connectivity index (χ0) is 18.9. The molecule has 0 spiro atoms. The third-order valence-corrected chi connectivity index (χ3v) is 3.69. The summed E-state index contributed by atoms with van der Waals surface area (Å²) in [5, 5.41) is 7.09. The molecule has 0 aliphatic carbocycles. The van der Waals surface area contributed by atoms with Crippen LogP contribution in [-0.2, 0) is 4.79 Å². The van der Waals surface area contributed by atoms with Crippen molar-refractivity contribution in [3.63, 3.8) is 0 Å². The van der Waals surface area contributed by atoms with Crippen molar-refractivity contribution in [3.05, 3.63) is 48.0 Å². The first-order valence-electron chi connectivity index (χ1n) is 8.03. The van der Waals surface area contributed by atoms with Gasteiger partial charge in [0.2, 0.25) is 0 Å². The van der Waals surface area contributed by atoms with E-state index in [9.17, 15) is 4.79 Å². The number of ether oxygens (including phenoxy) is 3. The van der Waals surface area contributed by atoms with Gasteiger partial charge in [-0.1, -0.05) is 0 Å². The van der Waals surface area contributed by atoms with Gasteiger partial charge < -0.3 is 19.5 Å². The lowest BCUT2D eigenvalue weighted by molar-refractivity contribution is -0.121. The number of nitrogens with zero attached hydrogens (tertiary/aromatic N) is 1. The number of methoxy groups -OCH3 is 3. The Hall–Kier alpha value is -3.22. The summed E-state index contributed by atoms with van der Waals surface area (Å²) in [6.07, 6.45) is 1.52. The largest absolute Gasteiger partial charge is 0.497 e. The molecule has 0 fully saturated rings. The maximum absolute atomic E-state index is 12.2. The average molecular weight is 357 g/mol. The van der Waals surface area contributed by atoms with Crippen LogP contribution in [0.15, 0.2) is 47.6 Å².